The van der Waals surface area contributed by atoms with Gasteiger partial charge in [0, 0.05) is 29.5 Å². The molecular formula is C27H35NO3S. The van der Waals surface area contributed by atoms with Crippen LogP contribution in [0.2, 0.25) is 0 Å². The van der Waals surface area contributed by atoms with Crippen LogP contribution < -0.4 is 0 Å². The van der Waals surface area contributed by atoms with E-state index in [1.54, 1.807) is 11.8 Å². The van der Waals surface area contributed by atoms with Gasteiger partial charge in [-0.25, -0.2) is 0 Å². The van der Waals surface area contributed by atoms with E-state index in [0.29, 0.717) is 31.9 Å². The quantitative estimate of drug-likeness (QED) is 0.463. The first-order chi connectivity index (χ1) is 15.5. The number of thioether (sulfide) groups is 1. The van der Waals surface area contributed by atoms with Crippen molar-refractivity contribution in [2.24, 2.45) is 0 Å². The average molecular weight is 454 g/mol. The van der Waals surface area contributed by atoms with Crippen LogP contribution in [0.15, 0.2) is 59.5 Å². The van der Waals surface area contributed by atoms with Crippen molar-refractivity contribution >= 4 is 17.5 Å². The summed E-state index contributed by atoms with van der Waals surface area (Å²) in [6, 6.07) is 18.1. The number of Topliss-reactive ketones (excluding diaryl/α,β-unsaturated/α-hetero) is 1. The van der Waals surface area contributed by atoms with Gasteiger partial charge in [0.2, 0.25) is 0 Å². The summed E-state index contributed by atoms with van der Waals surface area (Å²) in [6.45, 7) is 4.64. The molecule has 0 radical (unpaired) electrons. The molecule has 0 amide bonds. The first kappa shape index (κ1) is 23.5. The third kappa shape index (κ3) is 4.54. The van der Waals surface area contributed by atoms with E-state index in [1.807, 2.05) is 48.7 Å². The summed E-state index contributed by atoms with van der Waals surface area (Å²) in [5, 5.41) is 12.1. The Bertz CT molecular complexity index is 889. The van der Waals surface area contributed by atoms with Crippen LogP contribution in [0.25, 0.3) is 0 Å². The zero-order valence-corrected chi connectivity index (χ0v) is 20.1. The molecular weight excluding hydrogens is 418 g/mol. The van der Waals surface area contributed by atoms with Crippen molar-refractivity contribution in [2.75, 3.05) is 32.6 Å². The summed E-state index contributed by atoms with van der Waals surface area (Å²) >= 11 is 1.67. The van der Waals surface area contributed by atoms with Crippen LogP contribution in [-0.4, -0.2) is 59.5 Å². The minimum atomic E-state index is -0.915. The second kappa shape index (κ2) is 10.1. The van der Waals surface area contributed by atoms with Gasteiger partial charge in [0.25, 0.3) is 0 Å². The van der Waals surface area contributed by atoms with Crippen molar-refractivity contribution < 1.29 is 14.6 Å². The second-order valence-corrected chi connectivity index (χ2v) is 10.2. The molecule has 0 spiro atoms. The van der Waals surface area contributed by atoms with Gasteiger partial charge in [-0.05, 0) is 43.7 Å². The Balaban J connectivity index is 1.85. The fourth-order valence-corrected chi connectivity index (χ4v) is 6.18. The van der Waals surface area contributed by atoms with Gasteiger partial charge in [0.1, 0.15) is 0 Å². The Labute approximate surface area is 196 Å². The molecule has 2 unspecified atom stereocenters. The number of ether oxygens (including phenoxy) is 1. The molecule has 1 N–H and O–H groups in total. The molecule has 1 heterocycles. The number of ketones is 1. The number of morpholine rings is 1. The van der Waals surface area contributed by atoms with E-state index in [2.05, 4.69) is 24.0 Å². The highest BCUT2D eigenvalue weighted by molar-refractivity contribution is 7.98. The van der Waals surface area contributed by atoms with E-state index in [0.717, 1.165) is 42.6 Å². The van der Waals surface area contributed by atoms with Crippen molar-refractivity contribution in [1.82, 2.24) is 4.90 Å². The van der Waals surface area contributed by atoms with Gasteiger partial charge in [-0.2, -0.15) is 0 Å². The minimum absolute atomic E-state index is 0.0832. The van der Waals surface area contributed by atoms with E-state index in [1.165, 1.54) is 0 Å². The van der Waals surface area contributed by atoms with Crippen molar-refractivity contribution in [1.29, 1.82) is 0 Å². The van der Waals surface area contributed by atoms with E-state index in [-0.39, 0.29) is 11.7 Å². The van der Waals surface area contributed by atoms with Crippen LogP contribution >= 0.6 is 11.8 Å². The third-order valence-electron chi connectivity index (χ3n) is 7.43. The summed E-state index contributed by atoms with van der Waals surface area (Å²) in [7, 11) is 0. The van der Waals surface area contributed by atoms with E-state index in [4.69, 9.17) is 4.74 Å². The predicted octanol–water partition coefficient (Wildman–Crippen LogP) is 5.16. The summed E-state index contributed by atoms with van der Waals surface area (Å²) in [4.78, 5) is 17.8. The lowest BCUT2D eigenvalue weighted by molar-refractivity contribution is -0.0847. The highest BCUT2D eigenvalue weighted by Crippen LogP contribution is 2.49. The average Bonchev–Trinajstić information content (AvgIpc) is 2.85. The molecule has 4 nitrogen and oxygen atoms in total. The molecule has 4 rings (SSSR count). The Morgan fingerprint density at radius 1 is 1.03 bits per heavy atom. The first-order valence-electron chi connectivity index (χ1n) is 11.8. The Morgan fingerprint density at radius 3 is 2.25 bits per heavy atom. The standard InChI is InChI=1S/C27H35NO3S/c1-26(28-17-19-31-20-18-28,25(29)22-11-13-23(32-2)14-12-22)24(21-9-5-3-6-10-21)27(30)15-7-4-8-16-27/h3,5-6,9-14,24,30H,4,7-8,15-20H2,1-2H3. The van der Waals surface area contributed by atoms with Crippen LogP contribution in [-0.2, 0) is 4.74 Å². The smallest absolute Gasteiger partial charge is 0.183 e. The lowest BCUT2D eigenvalue weighted by atomic mass is 9.62. The maximum atomic E-state index is 14.4. The number of hydrogen-bond donors (Lipinski definition) is 1. The number of carbonyl (C=O) groups is 1. The van der Waals surface area contributed by atoms with Gasteiger partial charge in [0.15, 0.2) is 5.78 Å². The molecule has 32 heavy (non-hydrogen) atoms. The van der Waals surface area contributed by atoms with Gasteiger partial charge in [-0.1, -0.05) is 61.7 Å². The maximum absolute atomic E-state index is 14.4. The topological polar surface area (TPSA) is 49.8 Å². The first-order valence-corrected chi connectivity index (χ1v) is 13.0. The Hall–Kier alpha value is -1.66. The molecule has 1 aliphatic carbocycles. The van der Waals surface area contributed by atoms with Crippen molar-refractivity contribution in [3.05, 3.63) is 65.7 Å². The van der Waals surface area contributed by atoms with E-state index in [9.17, 15) is 9.90 Å². The summed E-state index contributed by atoms with van der Waals surface area (Å²) in [5.74, 6) is -0.234. The highest BCUT2D eigenvalue weighted by atomic mass is 32.2. The van der Waals surface area contributed by atoms with E-state index < -0.39 is 11.1 Å². The summed E-state index contributed by atoms with van der Waals surface area (Å²) in [6.07, 6.45) is 6.63. The van der Waals surface area contributed by atoms with Crippen LogP contribution in [0.3, 0.4) is 0 Å². The zero-order valence-electron chi connectivity index (χ0n) is 19.3. The van der Waals surface area contributed by atoms with Crippen molar-refractivity contribution in [3.8, 4) is 0 Å². The molecule has 172 valence electrons. The van der Waals surface area contributed by atoms with Crippen molar-refractivity contribution in [2.45, 2.75) is 61.0 Å². The molecule has 2 aromatic rings. The fourth-order valence-electron chi connectivity index (χ4n) is 5.78. The maximum Gasteiger partial charge on any atom is 0.183 e. The molecule has 0 bridgehead atoms. The number of hydrogen-bond acceptors (Lipinski definition) is 5. The molecule has 2 aromatic carbocycles. The van der Waals surface area contributed by atoms with Gasteiger partial charge in [-0.15, -0.1) is 11.8 Å². The van der Waals surface area contributed by atoms with Crippen LogP contribution in [0.1, 0.15) is 60.9 Å². The molecule has 2 aliphatic rings. The van der Waals surface area contributed by atoms with E-state index >= 15 is 0 Å². The van der Waals surface area contributed by atoms with Crippen LogP contribution in [0.5, 0.6) is 0 Å². The number of rotatable bonds is 7. The third-order valence-corrected chi connectivity index (χ3v) is 8.18. The molecule has 2 atom stereocenters. The zero-order chi connectivity index (χ0) is 22.6. The van der Waals surface area contributed by atoms with Crippen LogP contribution in [0.4, 0.5) is 0 Å². The summed E-state index contributed by atoms with van der Waals surface area (Å²) < 4.78 is 5.65. The number of carbonyl (C=O) groups excluding carboxylic acids is 1. The molecule has 1 saturated heterocycles. The summed E-state index contributed by atoms with van der Waals surface area (Å²) in [5.41, 5.74) is -0.0447. The second-order valence-electron chi connectivity index (χ2n) is 9.31. The van der Waals surface area contributed by atoms with Crippen LogP contribution in [0, 0.1) is 0 Å². The Morgan fingerprint density at radius 2 is 1.66 bits per heavy atom. The molecule has 2 fully saturated rings. The number of nitrogens with zero attached hydrogens (tertiary/aromatic N) is 1. The van der Waals surface area contributed by atoms with Gasteiger partial charge < -0.3 is 9.84 Å². The highest BCUT2D eigenvalue weighted by Gasteiger charge is 2.55. The minimum Gasteiger partial charge on any atom is -0.389 e. The van der Waals surface area contributed by atoms with Gasteiger partial charge in [0.05, 0.1) is 24.4 Å². The fraction of sp³-hybridized carbons (Fsp3) is 0.519. The lowest BCUT2D eigenvalue weighted by Crippen LogP contribution is -2.64. The Kier molecular flexibility index (Phi) is 7.40. The van der Waals surface area contributed by atoms with Crippen molar-refractivity contribution in [3.63, 3.8) is 0 Å². The normalized spacial score (nSPS) is 22.1. The number of benzene rings is 2. The van der Waals surface area contributed by atoms with Gasteiger partial charge >= 0.3 is 0 Å². The number of aliphatic hydroxyl groups is 1. The van der Waals surface area contributed by atoms with Gasteiger partial charge in [-0.3, -0.25) is 9.69 Å². The molecule has 1 saturated carbocycles. The molecule has 5 heteroatoms. The molecule has 1 aliphatic heterocycles. The largest absolute Gasteiger partial charge is 0.389 e. The lowest BCUT2D eigenvalue weighted by Gasteiger charge is -2.53. The monoisotopic (exact) mass is 453 g/mol. The molecule has 0 aromatic heterocycles. The predicted molar refractivity (Wildman–Crippen MR) is 131 cm³/mol. The SMILES string of the molecule is CSc1ccc(C(=O)C(C)(C(c2ccccc2)C2(O)CCCCC2)N2CCOCC2)cc1.